The lowest BCUT2D eigenvalue weighted by molar-refractivity contribution is -0.120. The van der Waals surface area contributed by atoms with Crippen LogP contribution in [0.4, 0.5) is 16.2 Å². The van der Waals surface area contributed by atoms with Gasteiger partial charge in [0, 0.05) is 80.1 Å². The predicted molar refractivity (Wildman–Crippen MR) is 206 cm³/mol. The van der Waals surface area contributed by atoms with Crippen molar-refractivity contribution in [2.24, 2.45) is 5.92 Å². The van der Waals surface area contributed by atoms with Crippen LogP contribution in [0, 0.1) is 5.92 Å². The largest absolute Gasteiger partial charge is 0.496 e. The maximum atomic E-state index is 13.4. The van der Waals surface area contributed by atoms with Crippen LogP contribution in [0.25, 0.3) is 21.8 Å². The average Bonchev–Trinajstić information content (AvgIpc) is 3.79. The maximum Gasteiger partial charge on any atom is 0.328 e. The molecule has 2 saturated heterocycles. The Morgan fingerprint density at radius 2 is 1.65 bits per heavy atom. The fourth-order valence-electron chi connectivity index (χ4n) is 8.90. The molecule has 9 rings (SSSR count). The summed E-state index contributed by atoms with van der Waals surface area (Å²) in [7, 11) is 1.54. The van der Waals surface area contributed by atoms with Crippen LogP contribution in [-0.4, -0.2) is 74.9 Å². The van der Waals surface area contributed by atoms with E-state index < -0.39 is 0 Å². The standard InChI is InChI=1S/C41H46N8O5/c1-54-37-23-34-27(22-32(37)39(51)42-33-4-3-17-47(40(33)52)28-11-12-28)25-49(44-34)30-9-7-26(8-10-30)24-45-18-13-29(14-19-45)46-20-15-31-35(46)5-2-6-36(31)48-21-16-38(50)43-41(48)53/h2-6,15,17,20,22-23,25-26,28-30H,7-14,16,18-19,21,24H2,1H3,(H,42,51)(H,43,50,53). The molecule has 2 aliphatic carbocycles. The van der Waals surface area contributed by atoms with Crippen LogP contribution in [0.5, 0.6) is 5.75 Å². The van der Waals surface area contributed by atoms with Crippen molar-refractivity contribution >= 4 is 51.0 Å². The van der Waals surface area contributed by atoms with E-state index in [1.807, 2.05) is 30.5 Å². The number of fused-ring (bicyclic) bond motifs is 2. The van der Waals surface area contributed by atoms with Crippen LogP contribution in [-0.2, 0) is 4.79 Å². The van der Waals surface area contributed by atoms with Crippen molar-refractivity contribution in [2.75, 3.05) is 43.5 Å². The van der Waals surface area contributed by atoms with Crippen molar-refractivity contribution in [1.82, 2.24) is 29.1 Å². The number of hydrogen-bond acceptors (Lipinski definition) is 7. The van der Waals surface area contributed by atoms with Gasteiger partial charge in [0.05, 0.1) is 35.4 Å². The molecule has 4 aliphatic rings. The van der Waals surface area contributed by atoms with Gasteiger partial charge in [0.1, 0.15) is 11.4 Å². The van der Waals surface area contributed by atoms with Gasteiger partial charge in [-0.3, -0.25) is 29.3 Å². The summed E-state index contributed by atoms with van der Waals surface area (Å²) in [6.07, 6.45) is 14.8. The van der Waals surface area contributed by atoms with Gasteiger partial charge in [0.25, 0.3) is 11.5 Å². The number of pyridine rings is 1. The van der Waals surface area contributed by atoms with E-state index in [1.165, 1.54) is 0 Å². The molecule has 280 valence electrons. The highest BCUT2D eigenvalue weighted by molar-refractivity contribution is 6.10. The minimum absolute atomic E-state index is 0.186. The number of rotatable bonds is 9. The first-order valence-corrected chi connectivity index (χ1v) is 19.4. The number of imide groups is 1. The molecule has 2 saturated carbocycles. The normalized spacial score (nSPS) is 21.5. The van der Waals surface area contributed by atoms with E-state index in [1.54, 1.807) is 34.9 Å². The Morgan fingerprint density at radius 3 is 2.41 bits per heavy atom. The van der Waals surface area contributed by atoms with Gasteiger partial charge in [-0.15, -0.1) is 0 Å². The highest BCUT2D eigenvalue weighted by Gasteiger charge is 2.30. The molecule has 2 N–H and O–H groups in total. The second-order valence-electron chi connectivity index (χ2n) is 15.4. The molecule has 0 bridgehead atoms. The third-order valence-corrected chi connectivity index (χ3v) is 12.0. The second kappa shape index (κ2) is 14.1. The van der Waals surface area contributed by atoms with Gasteiger partial charge < -0.3 is 24.1 Å². The minimum atomic E-state index is -0.379. The summed E-state index contributed by atoms with van der Waals surface area (Å²) in [5.74, 6) is 0.476. The van der Waals surface area contributed by atoms with Crippen LogP contribution in [0.3, 0.4) is 0 Å². The Kier molecular flexibility index (Phi) is 8.96. The molecule has 13 heteroatoms. The van der Waals surface area contributed by atoms with Crippen LogP contribution in [0.15, 0.2) is 71.9 Å². The van der Waals surface area contributed by atoms with Gasteiger partial charge in [0.15, 0.2) is 0 Å². The number of methoxy groups -OCH3 is 1. The van der Waals surface area contributed by atoms with Gasteiger partial charge in [-0.2, -0.15) is 5.10 Å². The first kappa shape index (κ1) is 34.3. The number of urea groups is 1. The van der Waals surface area contributed by atoms with Crippen molar-refractivity contribution in [3.05, 3.63) is 83.0 Å². The molecule has 5 heterocycles. The number of nitrogens with one attached hydrogen (secondary N) is 2. The van der Waals surface area contributed by atoms with Crippen LogP contribution >= 0.6 is 0 Å². The van der Waals surface area contributed by atoms with Crippen molar-refractivity contribution in [3.63, 3.8) is 0 Å². The van der Waals surface area contributed by atoms with Crippen molar-refractivity contribution in [2.45, 2.75) is 75.9 Å². The van der Waals surface area contributed by atoms with Crippen molar-refractivity contribution in [1.29, 1.82) is 0 Å². The Morgan fingerprint density at radius 1 is 0.870 bits per heavy atom. The topological polar surface area (TPSA) is 136 Å². The van der Waals surface area contributed by atoms with Gasteiger partial charge in [-0.05, 0) is 93.7 Å². The minimum Gasteiger partial charge on any atom is -0.496 e. The lowest BCUT2D eigenvalue weighted by Crippen LogP contribution is -2.49. The molecule has 0 atom stereocenters. The third-order valence-electron chi connectivity index (χ3n) is 12.0. The zero-order valence-corrected chi connectivity index (χ0v) is 30.6. The summed E-state index contributed by atoms with van der Waals surface area (Å²) in [4.78, 5) is 54.9. The lowest BCUT2D eigenvalue weighted by atomic mass is 9.85. The fourth-order valence-corrected chi connectivity index (χ4v) is 8.90. The molecule has 3 aromatic heterocycles. The molecule has 54 heavy (non-hydrogen) atoms. The number of anilines is 2. The van der Waals surface area contributed by atoms with Crippen molar-refractivity contribution in [3.8, 4) is 5.75 Å². The number of hydrogen-bond donors (Lipinski definition) is 2. The number of aromatic nitrogens is 4. The highest BCUT2D eigenvalue weighted by Crippen LogP contribution is 2.37. The molecule has 4 amide bonds. The SMILES string of the molecule is COc1cc2nn(C3CCC(CN4CCC(n5ccc6c(N7CCC(=O)NC7=O)cccc65)CC4)CC3)cc2cc1C(=O)Nc1cccn(C2CC2)c1=O. The van der Waals surface area contributed by atoms with Gasteiger partial charge in [-0.1, -0.05) is 6.07 Å². The Balaban J connectivity index is 0.801. The summed E-state index contributed by atoms with van der Waals surface area (Å²) < 4.78 is 11.8. The highest BCUT2D eigenvalue weighted by atomic mass is 16.5. The molecule has 0 unspecified atom stereocenters. The van der Waals surface area contributed by atoms with E-state index in [0.29, 0.717) is 42.3 Å². The van der Waals surface area contributed by atoms with E-state index in [9.17, 15) is 19.2 Å². The third kappa shape index (κ3) is 6.54. The van der Waals surface area contributed by atoms with E-state index >= 15 is 0 Å². The van der Waals surface area contributed by atoms with E-state index in [2.05, 4.69) is 43.1 Å². The van der Waals surface area contributed by atoms with Gasteiger partial charge in [-0.25, -0.2) is 4.79 Å². The second-order valence-corrected chi connectivity index (χ2v) is 15.4. The van der Waals surface area contributed by atoms with Gasteiger partial charge in [0.2, 0.25) is 5.91 Å². The number of amides is 4. The zero-order valence-electron chi connectivity index (χ0n) is 30.6. The molecule has 5 aromatic rings. The molecule has 13 nitrogen and oxygen atoms in total. The molecule has 0 radical (unpaired) electrons. The molecule has 2 aliphatic heterocycles. The van der Waals surface area contributed by atoms with Crippen LogP contribution in [0.1, 0.15) is 86.3 Å². The van der Waals surface area contributed by atoms with Crippen LogP contribution in [0.2, 0.25) is 0 Å². The number of piperidine rings is 1. The number of carbonyl (C=O) groups is 3. The first-order valence-electron chi connectivity index (χ1n) is 19.4. The molecular formula is C41H46N8O5. The van der Waals surface area contributed by atoms with Gasteiger partial charge >= 0.3 is 6.03 Å². The monoisotopic (exact) mass is 730 g/mol. The summed E-state index contributed by atoms with van der Waals surface area (Å²) in [6, 6.07) is 15.9. The summed E-state index contributed by atoms with van der Waals surface area (Å²) >= 11 is 0. The van der Waals surface area contributed by atoms with E-state index in [-0.39, 0.29) is 35.1 Å². The number of likely N-dealkylation sites (tertiary alicyclic amines) is 1. The van der Waals surface area contributed by atoms with Crippen LogP contribution < -0.4 is 25.8 Å². The molecular weight excluding hydrogens is 685 g/mol. The molecule has 0 spiro atoms. The number of nitrogens with zero attached hydrogens (tertiary/aromatic N) is 6. The summed E-state index contributed by atoms with van der Waals surface area (Å²) in [6.45, 7) is 3.63. The summed E-state index contributed by atoms with van der Waals surface area (Å²) in [5, 5.41) is 12.1. The Labute approximate surface area is 312 Å². The maximum absolute atomic E-state index is 13.4. The smallest absolute Gasteiger partial charge is 0.328 e. The Bertz CT molecular complexity index is 2300. The Hall–Kier alpha value is -5.43. The lowest BCUT2D eigenvalue weighted by Gasteiger charge is -2.37. The van der Waals surface area contributed by atoms with E-state index in [4.69, 9.17) is 9.84 Å². The average molecular weight is 731 g/mol. The number of ether oxygens (including phenoxy) is 1. The van der Waals surface area contributed by atoms with E-state index in [0.717, 1.165) is 98.5 Å². The molecule has 2 aromatic carbocycles. The summed E-state index contributed by atoms with van der Waals surface area (Å²) in [5.41, 5.74) is 3.22. The predicted octanol–water partition coefficient (Wildman–Crippen LogP) is 6.26. The molecule has 4 fully saturated rings. The number of carbonyl (C=O) groups excluding carboxylic acids is 3. The number of benzene rings is 2. The quantitative estimate of drug-likeness (QED) is 0.183. The first-order chi connectivity index (χ1) is 26.3. The zero-order chi connectivity index (χ0) is 36.9. The fraction of sp³-hybridized carbons (Fsp3) is 0.439. The van der Waals surface area contributed by atoms with Crippen molar-refractivity contribution < 1.29 is 19.1 Å².